The van der Waals surface area contributed by atoms with Gasteiger partial charge in [-0.15, -0.1) is 0 Å². The van der Waals surface area contributed by atoms with Crippen LogP contribution in [0.15, 0.2) is 41.3 Å². The molecule has 3 nitrogen and oxygen atoms in total. The maximum Gasteiger partial charge on any atom is 0.243 e. The quantitative estimate of drug-likeness (QED) is 0.819. The minimum absolute atomic E-state index is 0.182. The summed E-state index contributed by atoms with van der Waals surface area (Å²) < 4.78 is 5.80. The summed E-state index contributed by atoms with van der Waals surface area (Å²) in [5.41, 5.74) is 2.07. The van der Waals surface area contributed by atoms with E-state index in [1.807, 2.05) is 18.2 Å². The molecule has 0 saturated heterocycles. The minimum Gasteiger partial charge on any atom is -0.459 e. The second-order valence-corrected chi connectivity index (χ2v) is 4.17. The summed E-state index contributed by atoms with van der Waals surface area (Å²) in [5, 5.41) is 3.90. The van der Waals surface area contributed by atoms with Crippen molar-refractivity contribution < 1.29 is 9.21 Å². The minimum atomic E-state index is -0.182. The van der Waals surface area contributed by atoms with Gasteiger partial charge in [-0.25, -0.2) is 0 Å². The lowest BCUT2D eigenvalue weighted by Crippen LogP contribution is -2.20. The van der Waals surface area contributed by atoms with Crippen molar-refractivity contribution >= 4 is 16.9 Å². The molecule has 0 spiro atoms. The molecule has 2 rings (SSSR count). The molecule has 1 N–H and O–H groups in total. The number of rotatable bonds is 5. The van der Waals surface area contributed by atoms with Gasteiger partial charge >= 0.3 is 0 Å². The fraction of sp³-hybridized carbons (Fsp3) is 0.267. The van der Waals surface area contributed by atoms with Gasteiger partial charge in [0.15, 0.2) is 0 Å². The van der Waals surface area contributed by atoms with Gasteiger partial charge < -0.3 is 9.73 Å². The molecule has 0 unspecified atom stereocenters. The number of para-hydroxylation sites is 1. The Hall–Kier alpha value is -2.03. The molecule has 0 radical (unpaired) electrons. The highest BCUT2D eigenvalue weighted by molar-refractivity contribution is 5.87. The molecule has 94 valence electrons. The Morgan fingerprint density at radius 2 is 2.22 bits per heavy atom. The molecule has 2 aromatic rings. The monoisotopic (exact) mass is 243 g/mol. The Labute approximate surface area is 106 Å². The number of furan rings is 1. The maximum absolute atomic E-state index is 11.2. The van der Waals surface area contributed by atoms with Crippen LogP contribution < -0.4 is 5.32 Å². The van der Waals surface area contributed by atoms with Crippen molar-refractivity contribution in [1.29, 1.82) is 0 Å². The fourth-order valence-corrected chi connectivity index (χ4v) is 2.06. The van der Waals surface area contributed by atoms with Crippen LogP contribution in [-0.2, 0) is 17.8 Å². The molecule has 1 amide bonds. The van der Waals surface area contributed by atoms with E-state index in [9.17, 15) is 4.79 Å². The summed E-state index contributed by atoms with van der Waals surface area (Å²) in [6, 6.07) is 7.97. The molecule has 0 aliphatic heterocycles. The van der Waals surface area contributed by atoms with E-state index >= 15 is 0 Å². The third kappa shape index (κ3) is 2.45. The first kappa shape index (κ1) is 12.4. The van der Waals surface area contributed by atoms with Crippen LogP contribution in [0.4, 0.5) is 0 Å². The van der Waals surface area contributed by atoms with Crippen LogP contribution in [0.1, 0.15) is 24.7 Å². The Balaban J connectivity index is 2.33. The number of amides is 1. The zero-order chi connectivity index (χ0) is 13.0. The summed E-state index contributed by atoms with van der Waals surface area (Å²) >= 11 is 0. The first-order valence-electron chi connectivity index (χ1n) is 6.15. The maximum atomic E-state index is 11.2. The van der Waals surface area contributed by atoms with Gasteiger partial charge in [0.25, 0.3) is 0 Å². The number of benzene rings is 1. The topological polar surface area (TPSA) is 42.2 Å². The van der Waals surface area contributed by atoms with Gasteiger partial charge in [-0.2, -0.15) is 0 Å². The third-order valence-corrected chi connectivity index (χ3v) is 2.89. The highest BCUT2D eigenvalue weighted by atomic mass is 16.3. The van der Waals surface area contributed by atoms with Gasteiger partial charge in [-0.3, -0.25) is 4.79 Å². The van der Waals surface area contributed by atoms with Crippen LogP contribution in [0.5, 0.6) is 0 Å². The van der Waals surface area contributed by atoms with E-state index in [2.05, 4.69) is 24.9 Å². The van der Waals surface area contributed by atoms with Crippen LogP contribution in [0.3, 0.4) is 0 Å². The molecule has 0 aliphatic carbocycles. The smallest absolute Gasteiger partial charge is 0.243 e. The number of nitrogens with one attached hydrogen (secondary N) is 1. The average molecular weight is 243 g/mol. The summed E-state index contributed by atoms with van der Waals surface area (Å²) in [6.45, 7) is 5.98. The van der Waals surface area contributed by atoms with E-state index in [4.69, 9.17) is 4.42 Å². The number of aryl methyl sites for hydroxylation is 1. The molecule has 1 heterocycles. The number of carbonyl (C=O) groups excluding carboxylic acids is 1. The number of hydrogen-bond acceptors (Lipinski definition) is 2. The second-order valence-electron chi connectivity index (χ2n) is 4.17. The van der Waals surface area contributed by atoms with E-state index in [1.54, 1.807) is 0 Å². The van der Waals surface area contributed by atoms with Crippen molar-refractivity contribution in [2.75, 3.05) is 0 Å². The Bertz CT molecular complexity index is 569. The van der Waals surface area contributed by atoms with Crippen LogP contribution >= 0.6 is 0 Å². The van der Waals surface area contributed by atoms with Gasteiger partial charge in [-0.05, 0) is 18.6 Å². The molecule has 1 aromatic carbocycles. The van der Waals surface area contributed by atoms with E-state index in [0.29, 0.717) is 6.54 Å². The summed E-state index contributed by atoms with van der Waals surface area (Å²) in [6.07, 6.45) is 3.27. The number of hydrogen-bond donors (Lipinski definition) is 1. The van der Waals surface area contributed by atoms with Gasteiger partial charge in [0.05, 0.1) is 6.54 Å². The molecule has 0 bridgehead atoms. The zero-order valence-electron chi connectivity index (χ0n) is 10.5. The van der Waals surface area contributed by atoms with Crippen molar-refractivity contribution in [3.63, 3.8) is 0 Å². The molecule has 3 heteroatoms. The van der Waals surface area contributed by atoms with Gasteiger partial charge in [0, 0.05) is 10.9 Å². The molecule has 0 atom stereocenters. The normalized spacial score (nSPS) is 10.5. The summed E-state index contributed by atoms with van der Waals surface area (Å²) in [4.78, 5) is 11.2. The highest BCUT2D eigenvalue weighted by Gasteiger charge is 2.13. The largest absolute Gasteiger partial charge is 0.459 e. The van der Waals surface area contributed by atoms with E-state index in [0.717, 1.165) is 29.6 Å². The molecule has 0 fully saturated rings. The van der Waals surface area contributed by atoms with E-state index < -0.39 is 0 Å². The zero-order valence-corrected chi connectivity index (χ0v) is 10.5. The molecule has 0 aliphatic rings. The van der Waals surface area contributed by atoms with Gasteiger partial charge in [-0.1, -0.05) is 38.1 Å². The van der Waals surface area contributed by atoms with Gasteiger partial charge in [0.1, 0.15) is 11.3 Å². The lowest BCUT2D eigenvalue weighted by atomic mass is 10.1. The number of carbonyl (C=O) groups is 1. The first-order valence-corrected chi connectivity index (χ1v) is 6.15. The predicted molar refractivity (Wildman–Crippen MR) is 72.3 cm³/mol. The van der Waals surface area contributed by atoms with Crippen LogP contribution in [0.2, 0.25) is 0 Å². The third-order valence-electron chi connectivity index (χ3n) is 2.89. The summed E-state index contributed by atoms with van der Waals surface area (Å²) in [5.74, 6) is 0.658. The highest BCUT2D eigenvalue weighted by Crippen LogP contribution is 2.26. The Morgan fingerprint density at radius 1 is 1.44 bits per heavy atom. The lowest BCUT2D eigenvalue weighted by Gasteiger charge is -2.02. The molecular weight excluding hydrogens is 226 g/mol. The molecule has 18 heavy (non-hydrogen) atoms. The van der Waals surface area contributed by atoms with Crippen molar-refractivity contribution in [3.05, 3.63) is 48.2 Å². The second kappa shape index (κ2) is 5.54. The Kier molecular flexibility index (Phi) is 3.82. The van der Waals surface area contributed by atoms with Crippen molar-refractivity contribution in [1.82, 2.24) is 5.32 Å². The molecular formula is C15H17NO2. The van der Waals surface area contributed by atoms with Crippen LogP contribution in [-0.4, -0.2) is 5.91 Å². The van der Waals surface area contributed by atoms with E-state index in [-0.39, 0.29) is 5.91 Å². The molecule has 0 saturated carbocycles. The van der Waals surface area contributed by atoms with Crippen molar-refractivity contribution in [3.8, 4) is 0 Å². The molecule has 1 aromatic heterocycles. The average Bonchev–Trinajstić information content (AvgIpc) is 2.75. The van der Waals surface area contributed by atoms with Crippen molar-refractivity contribution in [2.24, 2.45) is 0 Å². The summed E-state index contributed by atoms with van der Waals surface area (Å²) in [7, 11) is 0. The van der Waals surface area contributed by atoms with Gasteiger partial charge in [0.2, 0.25) is 5.91 Å². The lowest BCUT2D eigenvalue weighted by molar-refractivity contribution is -0.116. The standard InChI is InChI=1S/C15H17NO2/c1-3-7-11-12-8-5-6-9-13(12)18-14(11)10-16-15(17)4-2/h4-6,8-9H,2-3,7,10H2,1H3,(H,16,17). The Morgan fingerprint density at radius 3 is 2.94 bits per heavy atom. The SMILES string of the molecule is C=CC(=O)NCc1oc2ccccc2c1CCC. The predicted octanol–water partition coefficient (Wildman–Crippen LogP) is 3.19. The first-order chi connectivity index (χ1) is 8.76. The van der Waals surface area contributed by atoms with Crippen LogP contribution in [0, 0.1) is 0 Å². The fourth-order valence-electron chi connectivity index (χ4n) is 2.06. The van der Waals surface area contributed by atoms with Crippen molar-refractivity contribution in [2.45, 2.75) is 26.3 Å². The number of fused-ring (bicyclic) bond motifs is 1. The van der Waals surface area contributed by atoms with E-state index in [1.165, 1.54) is 11.6 Å². The van der Waals surface area contributed by atoms with Crippen LogP contribution in [0.25, 0.3) is 11.0 Å².